The van der Waals surface area contributed by atoms with Crippen LogP contribution in [0.5, 0.6) is 11.6 Å². The maximum atomic E-state index is 13.4. The molecule has 47 heavy (non-hydrogen) atoms. The first kappa shape index (κ1) is 34.9. The van der Waals surface area contributed by atoms with Crippen molar-refractivity contribution in [1.29, 1.82) is 0 Å². The van der Waals surface area contributed by atoms with Gasteiger partial charge in [0.2, 0.25) is 11.8 Å². The van der Waals surface area contributed by atoms with Gasteiger partial charge in [-0.25, -0.2) is 4.79 Å². The Kier molecular flexibility index (Phi) is 10.4. The molecule has 3 heterocycles. The zero-order valence-electron chi connectivity index (χ0n) is 29.7. The van der Waals surface area contributed by atoms with Crippen LogP contribution in [-0.2, 0) is 34.8 Å². The number of hydrogen-bond acceptors (Lipinski definition) is 7. The number of ether oxygens (including phenoxy) is 2. The van der Waals surface area contributed by atoms with Gasteiger partial charge in [-0.15, -0.1) is 0 Å². The van der Waals surface area contributed by atoms with Crippen LogP contribution in [0.4, 0.5) is 10.5 Å². The van der Waals surface area contributed by atoms with E-state index in [9.17, 15) is 9.59 Å². The number of carbonyl (C=O) groups is 2. The highest BCUT2D eigenvalue weighted by Gasteiger charge is 2.33. The van der Waals surface area contributed by atoms with E-state index >= 15 is 0 Å². The molecule has 1 N–H and O–H groups in total. The topological polar surface area (TPSA) is 88.5 Å². The molecule has 256 valence electrons. The monoisotopic (exact) mass is 663 g/mol. The molecule has 2 fully saturated rings. The number of hydrogen-bond donors (Lipinski definition) is 1. The second kappa shape index (κ2) is 14.0. The molecule has 0 aliphatic carbocycles. The fourth-order valence-corrected chi connectivity index (χ4v) is 7.18. The van der Waals surface area contributed by atoms with Gasteiger partial charge in [-0.05, 0) is 74.7 Å². The third kappa shape index (κ3) is 8.20. The predicted molar refractivity (Wildman–Crippen MR) is 190 cm³/mol. The number of anilines is 1. The average Bonchev–Trinajstić information content (AvgIpc) is 3.57. The molecule has 2 aliphatic rings. The number of fused-ring (bicyclic) bond motifs is 1. The fraction of sp³-hybridized carbons (Fsp3) is 0.556. The van der Waals surface area contributed by atoms with Crippen LogP contribution in [0.1, 0.15) is 50.3 Å². The molecular formula is C36H53N5O5Si. The second-order valence-corrected chi connectivity index (χ2v) is 19.5. The summed E-state index contributed by atoms with van der Waals surface area (Å²) in [4.78, 5) is 33.1. The summed E-state index contributed by atoms with van der Waals surface area (Å²) in [5.41, 5.74) is 4.54. The van der Waals surface area contributed by atoms with Gasteiger partial charge >= 0.3 is 6.09 Å². The molecule has 0 saturated carbocycles. The van der Waals surface area contributed by atoms with Crippen LogP contribution in [0.2, 0.25) is 19.6 Å². The first-order valence-corrected chi connectivity index (χ1v) is 20.2. The van der Waals surface area contributed by atoms with Crippen LogP contribution < -0.4 is 14.8 Å². The Hall–Kier alpha value is -3.38. The van der Waals surface area contributed by atoms with E-state index in [1.54, 1.807) is 7.11 Å². The van der Waals surface area contributed by atoms with E-state index in [0.717, 1.165) is 79.7 Å². The molecule has 0 unspecified atom stereocenters. The molecule has 11 heteroatoms. The molecular weight excluding hydrogens is 611 g/mol. The zero-order chi connectivity index (χ0) is 34.1. The molecule has 0 spiro atoms. The van der Waals surface area contributed by atoms with Crippen molar-refractivity contribution in [2.24, 2.45) is 7.05 Å². The average molecular weight is 664 g/mol. The normalized spacial score (nSPS) is 18.1. The standard InChI is InChI=1S/C36H53N5O5Si/c1-36(2,3)28-20-27(24-45-47(7,8)9)33(44-6)29(22-28)37-35(43)46-31-21-25-12-10-13-26(32(25)39(31)5)23-40-16-18-41(19-17-40)34(42)30-14-11-15-38(30)4/h10,12-13,20-22,30H,11,14-19,23-24H2,1-9H3,(H,37,43)/t30-/m0/s1. The van der Waals surface area contributed by atoms with E-state index in [4.69, 9.17) is 13.9 Å². The van der Waals surface area contributed by atoms with Gasteiger partial charge in [-0.1, -0.05) is 39.0 Å². The van der Waals surface area contributed by atoms with E-state index in [1.807, 2.05) is 40.8 Å². The third-order valence-electron chi connectivity index (χ3n) is 9.31. The van der Waals surface area contributed by atoms with Crippen LogP contribution in [0.15, 0.2) is 36.4 Å². The highest BCUT2D eigenvalue weighted by Crippen LogP contribution is 2.37. The molecule has 10 nitrogen and oxygen atoms in total. The smallest absolute Gasteiger partial charge is 0.418 e. The minimum absolute atomic E-state index is 0.0313. The van der Waals surface area contributed by atoms with Gasteiger partial charge in [0.15, 0.2) is 8.32 Å². The minimum atomic E-state index is -1.79. The summed E-state index contributed by atoms with van der Waals surface area (Å²) < 4.78 is 19.9. The second-order valence-electron chi connectivity index (χ2n) is 15.0. The van der Waals surface area contributed by atoms with Crippen LogP contribution in [0.25, 0.3) is 10.9 Å². The van der Waals surface area contributed by atoms with Gasteiger partial charge in [0.05, 0.1) is 31.0 Å². The molecule has 2 saturated heterocycles. The van der Waals surface area contributed by atoms with Crippen molar-refractivity contribution in [3.63, 3.8) is 0 Å². The number of aryl methyl sites for hydroxylation is 1. The van der Waals surface area contributed by atoms with Crippen LogP contribution in [0.3, 0.4) is 0 Å². The maximum absolute atomic E-state index is 13.4. The number of likely N-dealkylation sites (tertiary alicyclic amines) is 1. The van der Waals surface area contributed by atoms with Gasteiger partial charge in [0.25, 0.3) is 0 Å². The number of para-hydroxylation sites is 1. The lowest BCUT2D eigenvalue weighted by atomic mass is 9.85. The molecule has 0 radical (unpaired) electrons. The largest absolute Gasteiger partial charge is 0.494 e. The number of nitrogens with zero attached hydrogens (tertiary/aromatic N) is 4. The number of likely N-dealkylation sites (N-methyl/N-ethyl adjacent to an activating group) is 1. The van der Waals surface area contributed by atoms with Crippen molar-refractivity contribution in [1.82, 2.24) is 19.3 Å². The van der Waals surface area contributed by atoms with Crippen molar-refractivity contribution in [2.45, 2.75) is 77.9 Å². The van der Waals surface area contributed by atoms with Crippen molar-refractivity contribution in [3.05, 3.63) is 53.1 Å². The van der Waals surface area contributed by atoms with E-state index < -0.39 is 14.4 Å². The summed E-state index contributed by atoms with van der Waals surface area (Å²) in [5, 5.41) is 3.96. The highest BCUT2D eigenvalue weighted by molar-refractivity contribution is 6.69. The van der Waals surface area contributed by atoms with Crippen molar-refractivity contribution < 1.29 is 23.5 Å². The lowest BCUT2D eigenvalue weighted by Gasteiger charge is -2.37. The number of benzene rings is 2. The number of carbonyl (C=O) groups excluding carboxylic acids is 2. The van der Waals surface area contributed by atoms with E-state index in [-0.39, 0.29) is 17.4 Å². The van der Waals surface area contributed by atoms with Crippen molar-refractivity contribution in [2.75, 3.05) is 52.2 Å². The summed E-state index contributed by atoms with van der Waals surface area (Å²) in [7, 11) is 3.80. The molecule has 2 aliphatic heterocycles. The SMILES string of the molecule is COc1c(CO[Si](C)(C)C)cc(C(C)(C)C)cc1NC(=O)Oc1cc2cccc(CN3CCN(C(=O)[C@@H]4CCCN4C)CC3)c2n1C. The minimum Gasteiger partial charge on any atom is -0.494 e. The van der Waals surface area contributed by atoms with Gasteiger partial charge < -0.3 is 23.4 Å². The summed E-state index contributed by atoms with van der Waals surface area (Å²) in [6.07, 6.45) is 1.46. The van der Waals surface area contributed by atoms with Crippen molar-refractivity contribution in [3.8, 4) is 11.6 Å². The molecule has 2 amide bonds. The van der Waals surface area contributed by atoms with Gasteiger partial charge in [0, 0.05) is 56.8 Å². The summed E-state index contributed by atoms with van der Waals surface area (Å²) >= 11 is 0. The molecule has 2 aromatic carbocycles. The summed E-state index contributed by atoms with van der Waals surface area (Å²) in [5.74, 6) is 1.30. The van der Waals surface area contributed by atoms with Gasteiger partial charge in [0.1, 0.15) is 5.75 Å². The van der Waals surface area contributed by atoms with E-state index in [1.165, 1.54) is 0 Å². The molecule has 0 bridgehead atoms. The molecule has 1 atom stereocenters. The first-order valence-electron chi connectivity index (χ1n) is 16.8. The van der Waals surface area contributed by atoms with E-state index in [0.29, 0.717) is 23.9 Å². The zero-order valence-corrected chi connectivity index (χ0v) is 30.7. The number of methoxy groups -OCH3 is 1. The Morgan fingerprint density at radius 2 is 1.70 bits per heavy atom. The quantitative estimate of drug-likeness (QED) is 0.274. The van der Waals surface area contributed by atoms with Crippen molar-refractivity contribution >= 4 is 36.9 Å². The number of rotatable bonds is 9. The Balaban J connectivity index is 1.29. The number of nitrogens with one attached hydrogen (secondary N) is 1. The first-order chi connectivity index (χ1) is 22.1. The highest BCUT2D eigenvalue weighted by atomic mass is 28.4. The van der Waals surface area contributed by atoms with Crippen LogP contribution in [-0.4, -0.2) is 92.5 Å². The maximum Gasteiger partial charge on any atom is 0.418 e. The van der Waals surface area contributed by atoms with Crippen LogP contribution in [0, 0.1) is 0 Å². The predicted octanol–water partition coefficient (Wildman–Crippen LogP) is 6.19. The van der Waals surface area contributed by atoms with Gasteiger partial charge in [-0.3, -0.25) is 19.9 Å². The number of piperazine rings is 1. The van der Waals surface area contributed by atoms with E-state index in [2.05, 4.69) is 74.7 Å². The molecule has 5 rings (SSSR count). The number of aromatic nitrogens is 1. The van der Waals surface area contributed by atoms with Gasteiger partial charge in [-0.2, -0.15) is 0 Å². The Bertz CT molecular complexity index is 1600. The Labute approximate surface area is 281 Å². The number of amides is 2. The third-order valence-corrected chi connectivity index (χ3v) is 10.3. The van der Waals surface area contributed by atoms with Crippen LogP contribution >= 0.6 is 0 Å². The lowest BCUT2D eigenvalue weighted by Crippen LogP contribution is -2.52. The molecule has 3 aromatic rings. The Morgan fingerprint density at radius 3 is 2.32 bits per heavy atom. The lowest BCUT2D eigenvalue weighted by molar-refractivity contribution is -0.137. The summed E-state index contributed by atoms with van der Waals surface area (Å²) in [6, 6.07) is 12.2. The fourth-order valence-electron chi connectivity index (χ4n) is 6.59. The summed E-state index contributed by atoms with van der Waals surface area (Å²) in [6.45, 7) is 18.2. The Morgan fingerprint density at radius 1 is 0.979 bits per heavy atom. The molecule has 1 aromatic heterocycles.